The zero-order chi connectivity index (χ0) is 29.3. The Morgan fingerprint density at radius 1 is 1.15 bits per heavy atom. The van der Waals surface area contributed by atoms with Gasteiger partial charge in [-0.25, -0.2) is 9.78 Å². The molecule has 3 heterocycles. The van der Waals surface area contributed by atoms with Crippen molar-refractivity contribution in [1.29, 1.82) is 0 Å². The molecule has 0 amide bonds. The number of halogens is 3. The standard InChI is InChI=1S/C29H40F3N3O4/c1-17(2)16-38-21-10-9-20(34-25(21)29(30,31)32)19-15-33-18(3)22(24(26(36)37)39-27(4,5)6)23(19)35-13-11-28(7,8)12-14-35/h9-10,15,17,24H,11-14,16H2,1-8H3,(H,36,37)/t24-/m0/s1. The van der Waals surface area contributed by atoms with Crippen LogP contribution in [0.3, 0.4) is 0 Å². The van der Waals surface area contributed by atoms with Crippen molar-refractivity contribution in [3.63, 3.8) is 0 Å². The summed E-state index contributed by atoms with van der Waals surface area (Å²) in [6.07, 6.45) is -3.00. The van der Waals surface area contributed by atoms with Crippen LogP contribution >= 0.6 is 0 Å². The maximum Gasteiger partial charge on any atom is 0.437 e. The van der Waals surface area contributed by atoms with Gasteiger partial charge in [-0.3, -0.25) is 4.98 Å². The Morgan fingerprint density at radius 2 is 1.77 bits per heavy atom. The van der Waals surface area contributed by atoms with Crippen molar-refractivity contribution in [2.45, 2.75) is 86.1 Å². The molecule has 0 unspecified atom stereocenters. The predicted octanol–water partition coefficient (Wildman–Crippen LogP) is 7.07. The first-order valence-corrected chi connectivity index (χ1v) is 13.3. The highest BCUT2D eigenvalue weighted by atomic mass is 19.4. The second kappa shape index (κ2) is 11.3. The molecule has 1 saturated heterocycles. The van der Waals surface area contributed by atoms with Crippen LogP contribution in [0.1, 0.15) is 84.4 Å². The van der Waals surface area contributed by atoms with Crippen molar-refractivity contribution in [2.24, 2.45) is 11.3 Å². The minimum atomic E-state index is -4.75. The maximum absolute atomic E-state index is 14.1. The average molecular weight is 552 g/mol. The molecular weight excluding hydrogens is 511 g/mol. The number of aromatic nitrogens is 2. The molecular formula is C29H40F3N3O4. The van der Waals surface area contributed by atoms with Crippen LogP contribution in [0.4, 0.5) is 18.9 Å². The Kier molecular flexibility index (Phi) is 8.89. The second-order valence-corrected chi connectivity index (χ2v) is 12.4. The lowest BCUT2D eigenvalue weighted by atomic mass is 9.82. The van der Waals surface area contributed by atoms with E-state index in [9.17, 15) is 23.1 Å². The van der Waals surface area contributed by atoms with Crippen LogP contribution in [0.25, 0.3) is 11.3 Å². The predicted molar refractivity (Wildman–Crippen MR) is 144 cm³/mol. The van der Waals surface area contributed by atoms with Gasteiger partial charge in [-0.15, -0.1) is 0 Å². The molecule has 1 N–H and O–H groups in total. The van der Waals surface area contributed by atoms with Crippen LogP contribution in [0.2, 0.25) is 0 Å². The van der Waals surface area contributed by atoms with Crippen molar-refractivity contribution in [3.05, 3.63) is 35.3 Å². The highest BCUT2D eigenvalue weighted by molar-refractivity contribution is 5.85. The molecule has 7 nitrogen and oxygen atoms in total. The largest absolute Gasteiger partial charge is 0.491 e. The van der Waals surface area contributed by atoms with Gasteiger partial charge in [-0.1, -0.05) is 27.7 Å². The second-order valence-electron chi connectivity index (χ2n) is 12.4. The summed E-state index contributed by atoms with van der Waals surface area (Å²) in [6, 6.07) is 2.75. The van der Waals surface area contributed by atoms with E-state index >= 15 is 0 Å². The quantitative estimate of drug-likeness (QED) is 0.375. The molecule has 39 heavy (non-hydrogen) atoms. The van der Waals surface area contributed by atoms with E-state index in [1.54, 1.807) is 27.7 Å². The summed E-state index contributed by atoms with van der Waals surface area (Å²) in [4.78, 5) is 23.0. The molecule has 3 rings (SSSR count). The lowest BCUT2D eigenvalue weighted by molar-refractivity contribution is -0.160. The molecule has 0 saturated carbocycles. The van der Waals surface area contributed by atoms with Gasteiger partial charge in [0.25, 0.3) is 0 Å². The van der Waals surface area contributed by atoms with E-state index in [4.69, 9.17) is 9.47 Å². The van der Waals surface area contributed by atoms with Crippen LogP contribution in [-0.2, 0) is 15.7 Å². The molecule has 10 heteroatoms. The van der Waals surface area contributed by atoms with E-state index in [0.717, 1.165) is 12.8 Å². The third kappa shape index (κ3) is 7.62. The van der Waals surface area contributed by atoms with Gasteiger partial charge in [0, 0.05) is 36.1 Å². The van der Waals surface area contributed by atoms with E-state index < -0.39 is 29.5 Å². The number of carbonyl (C=O) groups is 1. The van der Waals surface area contributed by atoms with E-state index in [0.29, 0.717) is 35.6 Å². The van der Waals surface area contributed by atoms with Crippen molar-refractivity contribution in [3.8, 4) is 17.0 Å². The summed E-state index contributed by atoms with van der Waals surface area (Å²) in [6.45, 7) is 16.3. The van der Waals surface area contributed by atoms with Gasteiger partial charge in [-0.05, 0) is 64.0 Å². The first kappa shape index (κ1) is 30.7. The van der Waals surface area contributed by atoms with Gasteiger partial charge in [-0.2, -0.15) is 13.2 Å². The van der Waals surface area contributed by atoms with Crippen LogP contribution < -0.4 is 9.64 Å². The number of nitrogens with zero attached hydrogens (tertiary/aromatic N) is 3. The fourth-order valence-electron chi connectivity index (χ4n) is 4.54. The van der Waals surface area contributed by atoms with Crippen LogP contribution in [0.5, 0.6) is 5.75 Å². The van der Waals surface area contributed by atoms with E-state index in [1.807, 2.05) is 18.7 Å². The lowest BCUT2D eigenvalue weighted by Gasteiger charge is -2.40. The van der Waals surface area contributed by atoms with Crippen molar-refractivity contribution < 1.29 is 32.5 Å². The Hall–Kier alpha value is -2.88. The zero-order valence-electron chi connectivity index (χ0n) is 24.1. The summed E-state index contributed by atoms with van der Waals surface area (Å²) in [7, 11) is 0. The minimum Gasteiger partial charge on any atom is -0.491 e. The number of aryl methyl sites for hydroxylation is 1. The maximum atomic E-state index is 14.1. The van der Waals surface area contributed by atoms with Crippen LogP contribution in [0, 0.1) is 18.3 Å². The highest BCUT2D eigenvalue weighted by Crippen LogP contribution is 2.44. The molecule has 0 aromatic carbocycles. The number of hydrogen-bond acceptors (Lipinski definition) is 6. The minimum absolute atomic E-state index is 0.0281. The van der Waals surface area contributed by atoms with Gasteiger partial charge >= 0.3 is 12.1 Å². The van der Waals surface area contributed by atoms with E-state index in [1.165, 1.54) is 18.3 Å². The number of rotatable bonds is 8. The Bertz CT molecular complexity index is 1180. The summed E-state index contributed by atoms with van der Waals surface area (Å²) in [5, 5.41) is 10.2. The monoisotopic (exact) mass is 551 g/mol. The molecule has 0 radical (unpaired) electrons. The zero-order valence-corrected chi connectivity index (χ0v) is 24.1. The molecule has 0 aliphatic carbocycles. The van der Waals surface area contributed by atoms with Gasteiger partial charge in [0.2, 0.25) is 0 Å². The van der Waals surface area contributed by atoms with Crippen molar-refractivity contribution in [2.75, 3.05) is 24.6 Å². The smallest absolute Gasteiger partial charge is 0.437 e. The Morgan fingerprint density at radius 3 is 2.28 bits per heavy atom. The number of hydrogen-bond donors (Lipinski definition) is 1. The number of anilines is 1. The summed E-state index contributed by atoms with van der Waals surface area (Å²) < 4.78 is 53.8. The molecule has 216 valence electrons. The first-order valence-electron chi connectivity index (χ1n) is 13.3. The number of alkyl halides is 3. The number of ether oxygens (including phenoxy) is 2. The van der Waals surface area contributed by atoms with Gasteiger partial charge in [0.05, 0.1) is 23.6 Å². The van der Waals surface area contributed by atoms with Crippen molar-refractivity contribution >= 4 is 11.7 Å². The molecule has 1 aliphatic heterocycles. The third-order valence-corrected chi connectivity index (χ3v) is 6.65. The molecule has 2 aromatic heterocycles. The molecule has 0 bridgehead atoms. The SMILES string of the molecule is Cc1ncc(-c2ccc(OCC(C)C)c(C(F)(F)F)n2)c(N2CCC(C)(C)CC2)c1[C@H](OC(C)(C)C)C(=O)O. The number of piperidine rings is 1. The van der Waals surface area contributed by atoms with Gasteiger partial charge < -0.3 is 19.5 Å². The third-order valence-electron chi connectivity index (χ3n) is 6.65. The molecule has 2 aromatic rings. The van der Waals surface area contributed by atoms with E-state index in [2.05, 4.69) is 23.8 Å². The van der Waals surface area contributed by atoms with E-state index in [-0.39, 0.29) is 29.4 Å². The molecule has 1 atom stereocenters. The molecule has 1 aliphatic rings. The fraction of sp³-hybridized carbons (Fsp3) is 0.621. The number of carboxylic acids is 1. The van der Waals surface area contributed by atoms with Gasteiger partial charge in [0.1, 0.15) is 5.75 Å². The Labute approximate surface area is 228 Å². The Balaban J connectivity index is 2.27. The first-order chi connectivity index (χ1) is 17.9. The van der Waals surface area contributed by atoms with Crippen LogP contribution in [0.15, 0.2) is 18.3 Å². The molecule has 1 fully saturated rings. The lowest BCUT2D eigenvalue weighted by Crippen LogP contribution is -2.39. The fourth-order valence-corrected chi connectivity index (χ4v) is 4.54. The summed E-state index contributed by atoms with van der Waals surface area (Å²) >= 11 is 0. The number of aliphatic carboxylic acids is 1. The number of carboxylic acid groups (broad SMARTS) is 1. The van der Waals surface area contributed by atoms with Gasteiger partial charge in [0.15, 0.2) is 11.8 Å². The van der Waals surface area contributed by atoms with Crippen LogP contribution in [-0.4, -0.2) is 46.3 Å². The summed E-state index contributed by atoms with van der Waals surface area (Å²) in [5.41, 5.74) is -0.241. The normalized spacial score (nSPS) is 16.9. The molecule has 0 spiro atoms. The van der Waals surface area contributed by atoms with Crippen molar-refractivity contribution in [1.82, 2.24) is 9.97 Å². The summed E-state index contributed by atoms with van der Waals surface area (Å²) in [5.74, 6) is -1.52. The average Bonchev–Trinajstić information content (AvgIpc) is 2.80. The highest BCUT2D eigenvalue weighted by Gasteiger charge is 2.39. The number of pyridine rings is 2. The topological polar surface area (TPSA) is 84.8 Å².